The van der Waals surface area contributed by atoms with Crippen LogP contribution in [0.4, 0.5) is 10.1 Å². The minimum atomic E-state index is -0.511. The Morgan fingerprint density at radius 2 is 2.09 bits per heavy atom. The van der Waals surface area contributed by atoms with Crippen molar-refractivity contribution in [3.63, 3.8) is 0 Å². The second kappa shape index (κ2) is 6.23. The standard InChI is InChI=1S/C17H11BrFN3O/c18-12-5-6-15(14(19)7-12)21-17(23)10-22-9-11(8-20)13-3-1-2-4-16(13)22/h1-7,9H,10H2,(H,21,23). The highest BCUT2D eigenvalue weighted by Gasteiger charge is 2.12. The predicted octanol–water partition coefficient (Wildman–Crippen LogP) is 4.05. The third-order valence-electron chi connectivity index (χ3n) is 3.43. The number of halogens is 2. The van der Waals surface area contributed by atoms with Gasteiger partial charge in [0.15, 0.2) is 0 Å². The number of carbonyl (C=O) groups is 1. The van der Waals surface area contributed by atoms with Crippen molar-refractivity contribution in [1.82, 2.24) is 4.57 Å². The summed E-state index contributed by atoms with van der Waals surface area (Å²) in [6.07, 6.45) is 1.63. The molecule has 3 rings (SSSR count). The first kappa shape index (κ1) is 15.3. The van der Waals surface area contributed by atoms with E-state index in [-0.39, 0.29) is 18.1 Å². The number of nitrogens with zero attached hydrogens (tertiary/aromatic N) is 2. The zero-order valence-corrected chi connectivity index (χ0v) is 13.5. The Hall–Kier alpha value is -2.65. The van der Waals surface area contributed by atoms with E-state index in [0.29, 0.717) is 10.0 Å². The van der Waals surface area contributed by atoms with Gasteiger partial charge in [-0.15, -0.1) is 0 Å². The Balaban J connectivity index is 1.85. The Morgan fingerprint density at radius 1 is 1.30 bits per heavy atom. The average Bonchev–Trinajstić information content (AvgIpc) is 2.88. The molecule has 0 aliphatic heterocycles. The molecule has 23 heavy (non-hydrogen) atoms. The van der Waals surface area contributed by atoms with Crippen LogP contribution in [0.2, 0.25) is 0 Å². The molecule has 0 saturated heterocycles. The molecule has 114 valence electrons. The number of aromatic nitrogens is 1. The molecule has 6 heteroatoms. The summed E-state index contributed by atoms with van der Waals surface area (Å²) in [5.41, 5.74) is 1.41. The third-order valence-corrected chi connectivity index (χ3v) is 3.92. The number of nitrogens with one attached hydrogen (secondary N) is 1. The van der Waals surface area contributed by atoms with Gasteiger partial charge in [0.1, 0.15) is 18.4 Å². The van der Waals surface area contributed by atoms with Gasteiger partial charge in [0.2, 0.25) is 5.91 Å². The fourth-order valence-corrected chi connectivity index (χ4v) is 2.74. The second-order valence-corrected chi connectivity index (χ2v) is 5.89. The van der Waals surface area contributed by atoms with E-state index in [1.165, 1.54) is 12.1 Å². The molecule has 3 aromatic rings. The van der Waals surface area contributed by atoms with Gasteiger partial charge in [0.05, 0.1) is 11.3 Å². The first-order chi connectivity index (χ1) is 11.1. The van der Waals surface area contributed by atoms with Crippen LogP contribution in [0.5, 0.6) is 0 Å². The van der Waals surface area contributed by atoms with Crippen LogP contribution in [0.1, 0.15) is 5.56 Å². The van der Waals surface area contributed by atoms with E-state index >= 15 is 0 Å². The largest absolute Gasteiger partial charge is 0.337 e. The van der Waals surface area contributed by atoms with Crippen molar-refractivity contribution >= 4 is 38.4 Å². The molecule has 1 heterocycles. The lowest BCUT2D eigenvalue weighted by Crippen LogP contribution is -2.18. The van der Waals surface area contributed by atoms with Crippen LogP contribution in [-0.2, 0) is 11.3 Å². The molecule has 0 radical (unpaired) electrons. The van der Waals surface area contributed by atoms with Gasteiger partial charge in [-0.05, 0) is 24.3 Å². The summed E-state index contributed by atoms with van der Waals surface area (Å²) in [5.74, 6) is -0.876. The van der Waals surface area contributed by atoms with Crippen molar-refractivity contribution in [1.29, 1.82) is 5.26 Å². The summed E-state index contributed by atoms with van der Waals surface area (Å²) in [7, 11) is 0. The van der Waals surface area contributed by atoms with Crippen LogP contribution < -0.4 is 5.32 Å². The average molecular weight is 372 g/mol. The van der Waals surface area contributed by atoms with Gasteiger partial charge in [0.25, 0.3) is 0 Å². The van der Waals surface area contributed by atoms with Gasteiger partial charge in [-0.2, -0.15) is 5.26 Å². The molecular weight excluding hydrogens is 361 g/mol. The van der Waals surface area contributed by atoms with E-state index in [1.807, 2.05) is 24.3 Å². The van der Waals surface area contributed by atoms with Crippen LogP contribution >= 0.6 is 15.9 Å². The molecule has 1 N–H and O–H groups in total. The number of carbonyl (C=O) groups excluding carboxylic acids is 1. The summed E-state index contributed by atoms with van der Waals surface area (Å²) in [6.45, 7) is -0.00228. The summed E-state index contributed by atoms with van der Waals surface area (Å²) in [4.78, 5) is 12.2. The minimum absolute atomic E-state index is 0.00228. The second-order valence-electron chi connectivity index (χ2n) is 4.97. The lowest BCUT2D eigenvalue weighted by atomic mass is 10.2. The molecule has 0 spiro atoms. The van der Waals surface area contributed by atoms with Crippen LogP contribution in [-0.4, -0.2) is 10.5 Å². The summed E-state index contributed by atoms with van der Waals surface area (Å²) in [6, 6.07) is 13.9. The summed E-state index contributed by atoms with van der Waals surface area (Å²) < 4.78 is 16.0. The van der Waals surface area contributed by atoms with Crippen molar-refractivity contribution in [2.24, 2.45) is 0 Å². The molecule has 1 aromatic heterocycles. The topological polar surface area (TPSA) is 57.8 Å². The van der Waals surface area contributed by atoms with Crippen LogP contribution in [0.15, 0.2) is 53.1 Å². The van der Waals surface area contributed by atoms with E-state index in [0.717, 1.165) is 10.9 Å². The molecule has 1 amide bonds. The normalized spacial score (nSPS) is 10.5. The molecule has 0 aliphatic rings. The molecule has 0 fully saturated rings. The van der Waals surface area contributed by atoms with Gasteiger partial charge in [-0.25, -0.2) is 4.39 Å². The lowest BCUT2D eigenvalue weighted by molar-refractivity contribution is -0.116. The number of nitriles is 1. The Kier molecular flexibility index (Phi) is 4.13. The molecule has 0 atom stereocenters. The van der Waals surface area contributed by atoms with E-state index in [2.05, 4.69) is 27.3 Å². The third kappa shape index (κ3) is 3.10. The van der Waals surface area contributed by atoms with Gasteiger partial charge in [-0.1, -0.05) is 34.1 Å². The first-order valence-corrected chi connectivity index (χ1v) is 7.60. The van der Waals surface area contributed by atoms with Crippen molar-refractivity contribution in [2.45, 2.75) is 6.54 Å². The zero-order valence-electron chi connectivity index (χ0n) is 11.9. The fourth-order valence-electron chi connectivity index (χ4n) is 2.40. The number of amides is 1. The Bertz CT molecular complexity index is 943. The van der Waals surface area contributed by atoms with E-state index in [1.54, 1.807) is 16.8 Å². The Labute approximate surface area is 140 Å². The molecule has 0 bridgehead atoms. The number of fused-ring (bicyclic) bond motifs is 1. The van der Waals surface area contributed by atoms with Gasteiger partial charge >= 0.3 is 0 Å². The molecule has 0 aliphatic carbocycles. The molecule has 0 unspecified atom stereocenters. The van der Waals surface area contributed by atoms with Crippen LogP contribution in [0, 0.1) is 17.1 Å². The molecule has 2 aromatic carbocycles. The maximum Gasteiger partial charge on any atom is 0.244 e. The van der Waals surface area contributed by atoms with Gasteiger partial charge in [0, 0.05) is 21.6 Å². The quantitative estimate of drug-likeness (QED) is 0.754. The zero-order chi connectivity index (χ0) is 16.4. The van der Waals surface area contributed by atoms with Crippen LogP contribution in [0.25, 0.3) is 10.9 Å². The maximum absolute atomic E-state index is 13.8. The minimum Gasteiger partial charge on any atom is -0.337 e. The highest BCUT2D eigenvalue weighted by Crippen LogP contribution is 2.22. The Morgan fingerprint density at radius 3 is 2.83 bits per heavy atom. The van der Waals surface area contributed by atoms with Crippen molar-refractivity contribution in [2.75, 3.05) is 5.32 Å². The van der Waals surface area contributed by atoms with Crippen molar-refractivity contribution in [3.8, 4) is 6.07 Å². The summed E-state index contributed by atoms with van der Waals surface area (Å²) in [5, 5.41) is 12.5. The SMILES string of the molecule is N#Cc1cn(CC(=O)Nc2ccc(Br)cc2F)c2ccccc12. The smallest absolute Gasteiger partial charge is 0.244 e. The number of hydrogen-bond donors (Lipinski definition) is 1. The number of rotatable bonds is 3. The highest BCUT2D eigenvalue weighted by atomic mass is 79.9. The maximum atomic E-state index is 13.8. The number of para-hydroxylation sites is 1. The molecular formula is C17H11BrFN3O. The first-order valence-electron chi connectivity index (χ1n) is 6.81. The van der Waals surface area contributed by atoms with E-state index in [4.69, 9.17) is 5.26 Å². The predicted molar refractivity (Wildman–Crippen MR) is 89.4 cm³/mol. The van der Waals surface area contributed by atoms with Crippen molar-refractivity contribution in [3.05, 3.63) is 64.5 Å². The number of anilines is 1. The highest BCUT2D eigenvalue weighted by molar-refractivity contribution is 9.10. The fraction of sp³-hybridized carbons (Fsp3) is 0.0588. The number of hydrogen-bond acceptors (Lipinski definition) is 2. The van der Waals surface area contributed by atoms with Gasteiger partial charge < -0.3 is 9.88 Å². The van der Waals surface area contributed by atoms with E-state index < -0.39 is 5.82 Å². The molecule has 0 saturated carbocycles. The molecule has 4 nitrogen and oxygen atoms in total. The van der Waals surface area contributed by atoms with Crippen LogP contribution in [0.3, 0.4) is 0 Å². The van der Waals surface area contributed by atoms with Gasteiger partial charge in [-0.3, -0.25) is 4.79 Å². The van der Waals surface area contributed by atoms with Crippen molar-refractivity contribution < 1.29 is 9.18 Å². The summed E-state index contributed by atoms with van der Waals surface area (Å²) >= 11 is 3.17. The number of benzene rings is 2. The van der Waals surface area contributed by atoms with E-state index in [9.17, 15) is 9.18 Å². The lowest BCUT2D eigenvalue weighted by Gasteiger charge is -2.08. The monoisotopic (exact) mass is 371 g/mol.